The number of aromatic nitrogens is 2. The van der Waals surface area contributed by atoms with Crippen molar-refractivity contribution in [3.05, 3.63) is 30.3 Å². The van der Waals surface area contributed by atoms with Gasteiger partial charge in [-0.25, -0.2) is 0 Å². The predicted molar refractivity (Wildman–Crippen MR) is 101 cm³/mol. The first-order valence-corrected chi connectivity index (χ1v) is 10.5. The number of hydrogen-bond donors (Lipinski definition) is 0. The molecule has 0 aliphatic rings. The van der Waals surface area contributed by atoms with Crippen LogP contribution in [0.2, 0.25) is 0 Å². The van der Waals surface area contributed by atoms with Gasteiger partial charge in [-0.1, -0.05) is 44.9 Å². The lowest BCUT2D eigenvalue weighted by Gasteiger charge is -2.11. The minimum Gasteiger partial charge on any atom is -0.477 e. The monoisotopic (exact) mass is 350 g/mol. The maximum Gasteiger partial charge on any atom is 0.232 e. The quantitative estimate of drug-likeness (QED) is 0.408. The van der Waals surface area contributed by atoms with Crippen LogP contribution in [0.3, 0.4) is 0 Å². The summed E-state index contributed by atoms with van der Waals surface area (Å²) in [7, 11) is 0. The van der Waals surface area contributed by atoms with Gasteiger partial charge in [-0.2, -0.15) is 9.78 Å². The van der Waals surface area contributed by atoms with Crippen LogP contribution in [0.25, 0.3) is 5.69 Å². The van der Waals surface area contributed by atoms with Crippen LogP contribution in [0.5, 0.6) is 5.88 Å². The molecule has 0 radical (unpaired) electrons. The zero-order valence-electron chi connectivity index (χ0n) is 14.2. The highest BCUT2D eigenvalue weighted by atomic mass is 32.2. The van der Waals surface area contributed by atoms with E-state index in [9.17, 15) is 0 Å². The molecule has 0 spiro atoms. The van der Waals surface area contributed by atoms with E-state index in [-0.39, 0.29) is 0 Å². The topological polar surface area (TPSA) is 27.1 Å². The van der Waals surface area contributed by atoms with E-state index in [1.54, 1.807) is 11.8 Å². The number of unbranched alkanes of at least 4 members (excludes halogenated alkanes) is 2. The van der Waals surface area contributed by atoms with Crippen LogP contribution in [0, 0.1) is 0 Å². The molecular formula is C18H26N2OS2. The van der Waals surface area contributed by atoms with E-state index in [4.69, 9.17) is 9.84 Å². The fourth-order valence-corrected chi connectivity index (χ4v) is 4.06. The molecule has 1 aromatic carbocycles. The molecule has 3 nitrogen and oxygen atoms in total. The summed E-state index contributed by atoms with van der Waals surface area (Å²) in [5.41, 5.74) is 1.05. The normalized spacial score (nSPS) is 10.9. The van der Waals surface area contributed by atoms with E-state index in [1.807, 2.05) is 34.6 Å². The Labute approximate surface area is 148 Å². The van der Waals surface area contributed by atoms with Crippen LogP contribution < -0.4 is 4.74 Å². The zero-order chi connectivity index (χ0) is 16.5. The second-order valence-corrected chi connectivity index (χ2v) is 7.20. The lowest BCUT2D eigenvalue weighted by Crippen LogP contribution is -2.04. The zero-order valence-corrected chi connectivity index (χ0v) is 15.9. The van der Waals surface area contributed by atoms with Crippen LogP contribution in [0.15, 0.2) is 40.3 Å². The van der Waals surface area contributed by atoms with E-state index in [1.165, 1.54) is 17.7 Å². The van der Waals surface area contributed by atoms with Gasteiger partial charge in [0, 0.05) is 0 Å². The minimum absolute atomic E-state index is 0.740. The van der Waals surface area contributed by atoms with Crippen molar-refractivity contribution in [1.29, 1.82) is 0 Å². The number of para-hydroxylation sites is 1. The number of rotatable bonds is 10. The molecule has 0 N–H and O–H groups in total. The molecule has 0 amide bonds. The fraction of sp³-hybridized carbons (Fsp3) is 0.500. The first kappa shape index (κ1) is 18.3. The van der Waals surface area contributed by atoms with E-state index >= 15 is 0 Å². The Bertz CT molecular complexity index is 584. The van der Waals surface area contributed by atoms with Crippen molar-refractivity contribution in [3.8, 4) is 11.6 Å². The maximum absolute atomic E-state index is 6.14. The molecule has 2 rings (SSSR count). The Hall–Kier alpha value is -1.07. The van der Waals surface area contributed by atoms with Gasteiger partial charge in [-0.15, -0.1) is 23.5 Å². The van der Waals surface area contributed by atoms with Gasteiger partial charge < -0.3 is 4.74 Å². The second-order valence-electron chi connectivity index (χ2n) is 5.29. The maximum atomic E-state index is 6.14. The van der Waals surface area contributed by atoms with Crippen LogP contribution in [-0.4, -0.2) is 28.4 Å². The standard InChI is InChI=1S/C18H26N2OS2/c1-4-6-13-21-18-16(23-14-7-5-2)17(22-3)19-20(18)15-11-9-8-10-12-15/h8-12H,4-7,13-14H2,1-3H3. The number of hydrogen-bond acceptors (Lipinski definition) is 4. The van der Waals surface area contributed by atoms with E-state index < -0.39 is 0 Å². The van der Waals surface area contributed by atoms with Gasteiger partial charge in [-0.05, 0) is 37.0 Å². The number of benzene rings is 1. The molecular weight excluding hydrogens is 324 g/mol. The molecule has 1 aromatic heterocycles. The van der Waals surface area contributed by atoms with Gasteiger partial charge in [-0.3, -0.25) is 0 Å². The van der Waals surface area contributed by atoms with Crippen molar-refractivity contribution in [3.63, 3.8) is 0 Å². The first-order valence-electron chi connectivity index (χ1n) is 8.29. The van der Waals surface area contributed by atoms with E-state index in [0.717, 1.165) is 41.8 Å². The molecule has 0 bridgehead atoms. The highest BCUT2D eigenvalue weighted by Crippen LogP contribution is 2.39. The van der Waals surface area contributed by atoms with Crippen LogP contribution in [-0.2, 0) is 0 Å². The van der Waals surface area contributed by atoms with Crippen molar-refractivity contribution in [1.82, 2.24) is 9.78 Å². The van der Waals surface area contributed by atoms with Crippen LogP contribution in [0.1, 0.15) is 39.5 Å². The smallest absolute Gasteiger partial charge is 0.232 e. The number of thioether (sulfide) groups is 2. The highest BCUT2D eigenvalue weighted by molar-refractivity contribution is 8.02. The van der Waals surface area contributed by atoms with Crippen LogP contribution >= 0.6 is 23.5 Å². The van der Waals surface area contributed by atoms with Gasteiger partial charge in [0.1, 0.15) is 9.92 Å². The Morgan fingerprint density at radius 2 is 1.83 bits per heavy atom. The summed E-state index contributed by atoms with van der Waals surface area (Å²) < 4.78 is 8.10. The third-order valence-corrected chi connectivity index (χ3v) is 5.40. The number of ether oxygens (including phenoxy) is 1. The summed E-state index contributed by atoms with van der Waals surface area (Å²) >= 11 is 3.56. The average molecular weight is 351 g/mol. The summed E-state index contributed by atoms with van der Waals surface area (Å²) in [6.07, 6.45) is 6.70. The second kappa shape index (κ2) is 9.93. The fourth-order valence-electron chi connectivity index (χ4n) is 2.13. The van der Waals surface area contributed by atoms with Crippen molar-refractivity contribution >= 4 is 23.5 Å². The molecule has 0 atom stereocenters. The molecule has 0 saturated heterocycles. The molecule has 0 aliphatic heterocycles. The van der Waals surface area contributed by atoms with Crippen LogP contribution in [0.4, 0.5) is 0 Å². The van der Waals surface area contributed by atoms with Gasteiger partial charge >= 0.3 is 0 Å². The average Bonchev–Trinajstić information content (AvgIpc) is 2.94. The summed E-state index contributed by atoms with van der Waals surface area (Å²) in [5.74, 6) is 2.00. The number of nitrogens with zero attached hydrogens (tertiary/aromatic N) is 2. The molecule has 2 aromatic rings. The molecule has 23 heavy (non-hydrogen) atoms. The Morgan fingerprint density at radius 1 is 1.09 bits per heavy atom. The summed E-state index contributed by atoms with van der Waals surface area (Å²) in [6, 6.07) is 10.2. The summed E-state index contributed by atoms with van der Waals surface area (Å²) in [4.78, 5) is 1.19. The van der Waals surface area contributed by atoms with Crippen molar-refractivity contribution < 1.29 is 4.74 Å². The Kier molecular flexibility index (Phi) is 7.89. The van der Waals surface area contributed by atoms with E-state index in [0.29, 0.717) is 0 Å². The molecule has 5 heteroatoms. The Balaban J connectivity index is 2.35. The van der Waals surface area contributed by atoms with Gasteiger partial charge in [0.05, 0.1) is 12.3 Å². The summed E-state index contributed by atoms with van der Waals surface area (Å²) in [6.45, 7) is 5.15. The molecule has 126 valence electrons. The molecule has 1 heterocycles. The summed E-state index contributed by atoms with van der Waals surface area (Å²) in [5, 5.41) is 5.85. The lowest BCUT2D eigenvalue weighted by atomic mass is 10.3. The highest BCUT2D eigenvalue weighted by Gasteiger charge is 2.20. The molecule has 0 unspecified atom stereocenters. The minimum atomic E-state index is 0.740. The largest absolute Gasteiger partial charge is 0.477 e. The van der Waals surface area contributed by atoms with Crippen molar-refractivity contribution in [2.24, 2.45) is 0 Å². The van der Waals surface area contributed by atoms with Gasteiger partial charge in [0.25, 0.3) is 0 Å². The predicted octanol–water partition coefficient (Wildman–Crippen LogP) is 5.67. The van der Waals surface area contributed by atoms with E-state index in [2.05, 4.69) is 32.2 Å². The molecule has 0 fully saturated rings. The third kappa shape index (κ3) is 4.95. The molecule has 0 saturated carbocycles. The first-order chi connectivity index (χ1) is 11.3. The van der Waals surface area contributed by atoms with Crippen molar-refractivity contribution in [2.75, 3.05) is 18.6 Å². The van der Waals surface area contributed by atoms with Gasteiger partial charge in [0.15, 0.2) is 0 Å². The lowest BCUT2D eigenvalue weighted by molar-refractivity contribution is 0.282. The Morgan fingerprint density at radius 3 is 2.48 bits per heavy atom. The SMILES string of the molecule is CCCCOc1c(SCCCC)c(SC)nn1-c1ccccc1. The molecule has 0 aliphatic carbocycles. The third-order valence-electron chi connectivity index (χ3n) is 3.45. The van der Waals surface area contributed by atoms with Crippen molar-refractivity contribution in [2.45, 2.75) is 49.5 Å². The van der Waals surface area contributed by atoms with Gasteiger partial charge in [0.2, 0.25) is 5.88 Å².